The van der Waals surface area contributed by atoms with Gasteiger partial charge in [-0.25, -0.2) is 24.3 Å². The van der Waals surface area contributed by atoms with Gasteiger partial charge >= 0.3 is 0 Å². The Kier molecular flexibility index (Phi) is 8.52. The van der Waals surface area contributed by atoms with Gasteiger partial charge in [-0.2, -0.15) is 4.39 Å². The van der Waals surface area contributed by atoms with E-state index in [4.69, 9.17) is 10.5 Å². The highest BCUT2D eigenvalue weighted by atomic mass is 19.2. The molecule has 0 radical (unpaired) electrons. The molecule has 1 aromatic carbocycles. The number of aromatic nitrogens is 4. The molecule has 2 N–H and O–H groups in total. The zero-order valence-electron chi connectivity index (χ0n) is 20.1. The SMILES string of the molecule is CC1c2cnc(-c3ncccn3)nc2CCN1c1cc(F)c(F)c(OCCCCCCCCN)c1. The van der Waals surface area contributed by atoms with Crippen LogP contribution in [-0.2, 0) is 6.42 Å². The number of unbranched alkanes of at least 4 members (excludes halogenated alkanes) is 5. The number of anilines is 1. The van der Waals surface area contributed by atoms with Crippen molar-refractivity contribution >= 4 is 5.69 Å². The summed E-state index contributed by atoms with van der Waals surface area (Å²) in [6, 6.07) is 4.45. The van der Waals surface area contributed by atoms with Crippen LogP contribution in [0.2, 0.25) is 0 Å². The number of fused-ring (bicyclic) bond motifs is 1. The molecule has 186 valence electrons. The Morgan fingerprint density at radius 1 is 1.00 bits per heavy atom. The Labute approximate surface area is 204 Å². The van der Waals surface area contributed by atoms with Gasteiger partial charge in [0.2, 0.25) is 5.82 Å². The summed E-state index contributed by atoms with van der Waals surface area (Å²) in [4.78, 5) is 19.6. The summed E-state index contributed by atoms with van der Waals surface area (Å²) in [5.41, 5.74) is 7.94. The summed E-state index contributed by atoms with van der Waals surface area (Å²) in [5, 5.41) is 0. The molecule has 3 heterocycles. The summed E-state index contributed by atoms with van der Waals surface area (Å²) in [5.74, 6) is -0.951. The first-order valence-electron chi connectivity index (χ1n) is 12.3. The van der Waals surface area contributed by atoms with E-state index in [1.807, 2.05) is 11.8 Å². The summed E-state index contributed by atoms with van der Waals surface area (Å²) in [6.45, 7) is 3.69. The van der Waals surface area contributed by atoms with Crippen molar-refractivity contribution in [3.05, 3.63) is 59.7 Å². The van der Waals surface area contributed by atoms with Crippen LogP contribution in [0.1, 0.15) is 62.7 Å². The Bertz CT molecular complexity index is 1110. The van der Waals surface area contributed by atoms with Crippen molar-refractivity contribution < 1.29 is 13.5 Å². The topological polar surface area (TPSA) is 90.0 Å². The number of nitrogens with zero attached hydrogens (tertiary/aromatic N) is 5. The van der Waals surface area contributed by atoms with Crippen LogP contribution in [0.3, 0.4) is 0 Å². The van der Waals surface area contributed by atoms with Crippen molar-refractivity contribution in [1.82, 2.24) is 19.9 Å². The first-order valence-corrected chi connectivity index (χ1v) is 12.3. The Morgan fingerprint density at radius 2 is 1.74 bits per heavy atom. The maximum Gasteiger partial charge on any atom is 0.200 e. The molecule has 9 heteroatoms. The van der Waals surface area contributed by atoms with Crippen LogP contribution in [0.15, 0.2) is 36.8 Å². The molecule has 0 aliphatic carbocycles. The fourth-order valence-corrected chi connectivity index (χ4v) is 4.40. The second-order valence-electron chi connectivity index (χ2n) is 8.79. The number of nitrogens with two attached hydrogens (primary N) is 1. The first kappa shape index (κ1) is 24.9. The lowest BCUT2D eigenvalue weighted by molar-refractivity contribution is 0.284. The molecule has 4 rings (SSSR count). The van der Waals surface area contributed by atoms with Gasteiger partial charge in [-0.3, -0.25) is 0 Å². The van der Waals surface area contributed by atoms with Gasteiger partial charge in [-0.1, -0.05) is 25.7 Å². The van der Waals surface area contributed by atoms with Gasteiger partial charge in [-0.05, 0) is 32.4 Å². The van der Waals surface area contributed by atoms with Crippen LogP contribution >= 0.6 is 0 Å². The maximum absolute atomic E-state index is 14.5. The van der Waals surface area contributed by atoms with Gasteiger partial charge in [0.15, 0.2) is 23.2 Å². The first-order chi connectivity index (χ1) is 17.1. The Morgan fingerprint density at radius 3 is 2.51 bits per heavy atom. The van der Waals surface area contributed by atoms with E-state index in [9.17, 15) is 8.78 Å². The number of rotatable bonds is 11. The minimum atomic E-state index is -0.947. The average molecular weight is 483 g/mol. The van der Waals surface area contributed by atoms with Crippen molar-refractivity contribution in [2.75, 3.05) is 24.6 Å². The molecule has 0 amide bonds. The van der Waals surface area contributed by atoms with E-state index in [1.54, 1.807) is 30.7 Å². The van der Waals surface area contributed by atoms with Crippen LogP contribution in [0.25, 0.3) is 11.6 Å². The molecule has 0 fully saturated rings. The molecule has 0 saturated carbocycles. The molecule has 0 bridgehead atoms. The molecule has 1 aliphatic rings. The normalized spacial score (nSPS) is 15.2. The molecule has 0 spiro atoms. The maximum atomic E-state index is 14.5. The van der Waals surface area contributed by atoms with Gasteiger partial charge in [0.05, 0.1) is 18.3 Å². The fraction of sp³-hybridized carbons (Fsp3) is 0.462. The second kappa shape index (κ2) is 12.0. The molecule has 2 aromatic heterocycles. The fourth-order valence-electron chi connectivity index (χ4n) is 4.40. The Hall–Kier alpha value is -3.20. The van der Waals surface area contributed by atoms with Gasteiger partial charge < -0.3 is 15.4 Å². The highest BCUT2D eigenvalue weighted by Crippen LogP contribution is 2.36. The van der Waals surface area contributed by atoms with Crippen molar-refractivity contribution in [3.63, 3.8) is 0 Å². The number of halogens is 2. The summed E-state index contributed by atoms with van der Waals surface area (Å²) < 4.78 is 34.6. The zero-order valence-corrected chi connectivity index (χ0v) is 20.1. The van der Waals surface area contributed by atoms with E-state index in [0.29, 0.717) is 36.9 Å². The lowest BCUT2D eigenvalue weighted by atomic mass is 9.98. The highest BCUT2D eigenvalue weighted by molar-refractivity contribution is 5.55. The molecule has 7 nitrogen and oxygen atoms in total. The molecule has 1 atom stereocenters. The lowest BCUT2D eigenvalue weighted by Gasteiger charge is -2.36. The second-order valence-corrected chi connectivity index (χ2v) is 8.79. The molecule has 35 heavy (non-hydrogen) atoms. The van der Waals surface area contributed by atoms with E-state index >= 15 is 0 Å². The highest BCUT2D eigenvalue weighted by Gasteiger charge is 2.28. The third kappa shape index (κ3) is 6.08. The molecule has 3 aromatic rings. The van der Waals surface area contributed by atoms with E-state index in [2.05, 4.69) is 19.9 Å². The van der Waals surface area contributed by atoms with E-state index in [0.717, 1.165) is 56.3 Å². The third-order valence-electron chi connectivity index (χ3n) is 6.34. The number of hydrogen-bond donors (Lipinski definition) is 1. The van der Waals surface area contributed by atoms with E-state index in [-0.39, 0.29) is 11.8 Å². The predicted molar refractivity (Wildman–Crippen MR) is 131 cm³/mol. The minimum Gasteiger partial charge on any atom is -0.490 e. The molecule has 0 saturated heterocycles. The minimum absolute atomic E-state index is 0.0473. The molecular weight excluding hydrogens is 450 g/mol. The van der Waals surface area contributed by atoms with Crippen LogP contribution in [0.4, 0.5) is 14.5 Å². The van der Waals surface area contributed by atoms with Crippen LogP contribution in [0, 0.1) is 11.6 Å². The van der Waals surface area contributed by atoms with Crippen molar-refractivity contribution in [3.8, 4) is 17.4 Å². The molecule has 1 unspecified atom stereocenters. The average Bonchev–Trinajstić information content (AvgIpc) is 2.88. The predicted octanol–water partition coefficient (Wildman–Crippen LogP) is 5.01. The number of benzene rings is 1. The summed E-state index contributed by atoms with van der Waals surface area (Å²) in [6.07, 6.45) is 11.9. The molecular formula is C26H32F2N6O. The largest absolute Gasteiger partial charge is 0.490 e. The monoisotopic (exact) mass is 482 g/mol. The third-order valence-corrected chi connectivity index (χ3v) is 6.34. The van der Waals surface area contributed by atoms with Crippen molar-refractivity contribution in [1.29, 1.82) is 0 Å². The molecule has 1 aliphatic heterocycles. The van der Waals surface area contributed by atoms with Gasteiger partial charge in [0.1, 0.15) is 0 Å². The van der Waals surface area contributed by atoms with Crippen molar-refractivity contribution in [2.24, 2.45) is 5.73 Å². The lowest BCUT2D eigenvalue weighted by Crippen LogP contribution is -2.35. The van der Waals surface area contributed by atoms with Crippen molar-refractivity contribution in [2.45, 2.75) is 57.9 Å². The quantitative estimate of drug-likeness (QED) is 0.384. The van der Waals surface area contributed by atoms with Crippen LogP contribution < -0.4 is 15.4 Å². The standard InChI is InChI=1S/C26H32F2N6O/c1-18-20-17-32-26(25-30-11-8-12-31-25)33-22(20)9-13-34(18)19-15-21(27)24(28)23(16-19)35-14-7-5-3-2-4-6-10-29/h8,11-12,15-18H,2-7,9-10,13-14,29H2,1H3. The summed E-state index contributed by atoms with van der Waals surface area (Å²) >= 11 is 0. The van der Waals surface area contributed by atoms with E-state index < -0.39 is 11.6 Å². The number of hydrogen-bond acceptors (Lipinski definition) is 7. The van der Waals surface area contributed by atoms with Gasteiger partial charge in [0, 0.05) is 54.9 Å². The number of ether oxygens (including phenoxy) is 1. The Balaban J connectivity index is 1.42. The van der Waals surface area contributed by atoms with Crippen LogP contribution in [-0.4, -0.2) is 39.6 Å². The van der Waals surface area contributed by atoms with Crippen LogP contribution in [0.5, 0.6) is 5.75 Å². The zero-order chi connectivity index (χ0) is 24.6. The summed E-state index contributed by atoms with van der Waals surface area (Å²) in [7, 11) is 0. The van der Waals surface area contributed by atoms with E-state index in [1.165, 1.54) is 6.07 Å². The van der Waals surface area contributed by atoms with Gasteiger partial charge in [0.25, 0.3) is 0 Å². The van der Waals surface area contributed by atoms with Gasteiger partial charge in [-0.15, -0.1) is 0 Å². The smallest absolute Gasteiger partial charge is 0.200 e.